The standard InChI is InChI=1S/C9H15N3O/c10-4-1-6-12(8-2-3-8)9-11-5-7-13-9/h5,7-8H,1-4,6,10H2. The summed E-state index contributed by atoms with van der Waals surface area (Å²) < 4.78 is 5.27. The van der Waals surface area contributed by atoms with Gasteiger partial charge in [-0.2, -0.15) is 0 Å². The van der Waals surface area contributed by atoms with Crippen LogP contribution in [0.1, 0.15) is 19.3 Å². The van der Waals surface area contributed by atoms with Crippen LogP contribution in [0.4, 0.5) is 6.01 Å². The van der Waals surface area contributed by atoms with Crippen LogP contribution in [0, 0.1) is 0 Å². The van der Waals surface area contributed by atoms with Gasteiger partial charge in [0.15, 0.2) is 0 Å². The molecule has 0 unspecified atom stereocenters. The quantitative estimate of drug-likeness (QED) is 0.736. The maximum atomic E-state index is 5.47. The van der Waals surface area contributed by atoms with Gasteiger partial charge in [0, 0.05) is 12.6 Å². The molecule has 1 aromatic heterocycles. The number of rotatable bonds is 5. The van der Waals surface area contributed by atoms with E-state index in [1.165, 1.54) is 12.8 Å². The molecule has 2 rings (SSSR count). The summed E-state index contributed by atoms with van der Waals surface area (Å²) in [6.45, 7) is 1.69. The molecular formula is C9H15N3O. The van der Waals surface area contributed by atoms with Crippen LogP contribution in [0.2, 0.25) is 0 Å². The van der Waals surface area contributed by atoms with E-state index in [1.54, 1.807) is 12.5 Å². The van der Waals surface area contributed by atoms with E-state index in [1.807, 2.05) is 0 Å². The first-order chi connectivity index (χ1) is 6.42. The van der Waals surface area contributed by atoms with Crippen molar-refractivity contribution in [1.29, 1.82) is 0 Å². The normalized spacial score (nSPS) is 16.1. The lowest BCUT2D eigenvalue weighted by Gasteiger charge is -2.19. The lowest BCUT2D eigenvalue weighted by molar-refractivity contribution is 0.527. The van der Waals surface area contributed by atoms with E-state index in [-0.39, 0.29) is 0 Å². The zero-order chi connectivity index (χ0) is 9.10. The Morgan fingerprint density at radius 1 is 1.62 bits per heavy atom. The van der Waals surface area contributed by atoms with Crippen molar-refractivity contribution in [2.45, 2.75) is 25.3 Å². The first-order valence-corrected chi connectivity index (χ1v) is 4.78. The minimum atomic E-state index is 0.644. The Morgan fingerprint density at radius 2 is 2.46 bits per heavy atom. The molecule has 0 atom stereocenters. The van der Waals surface area contributed by atoms with E-state index >= 15 is 0 Å². The van der Waals surface area contributed by atoms with Crippen molar-refractivity contribution in [1.82, 2.24) is 4.98 Å². The molecule has 1 heterocycles. The summed E-state index contributed by atoms with van der Waals surface area (Å²) in [7, 11) is 0. The van der Waals surface area contributed by atoms with Gasteiger partial charge in [0.1, 0.15) is 6.26 Å². The van der Waals surface area contributed by atoms with Gasteiger partial charge in [0.2, 0.25) is 0 Å². The molecule has 2 N–H and O–H groups in total. The molecule has 1 fully saturated rings. The highest BCUT2D eigenvalue weighted by molar-refractivity contribution is 5.29. The van der Waals surface area contributed by atoms with Crippen molar-refractivity contribution in [3.63, 3.8) is 0 Å². The molecular weight excluding hydrogens is 166 g/mol. The number of aromatic nitrogens is 1. The molecule has 0 saturated heterocycles. The van der Waals surface area contributed by atoms with Crippen molar-refractivity contribution < 1.29 is 4.42 Å². The third-order valence-electron chi connectivity index (χ3n) is 2.26. The molecule has 0 aromatic carbocycles. The van der Waals surface area contributed by atoms with E-state index in [4.69, 9.17) is 10.2 Å². The number of hydrogen-bond acceptors (Lipinski definition) is 4. The summed E-state index contributed by atoms with van der Waals surface area (Å²) in [5.74, 6) is 0. The number of anilines is 1. The van der Waals surface area contributed by atoms with Crippen molar-refractivity contribution in [3.05, 3.63) is 12.5 Å². The monoisotopic (exact) mass is 181 g/mol. The number of hydrogen-bond donors (Lipinski definition) is 1. The first kappa shape index (κ1) is 8.56. The molecule has 1 aliphatic carbocycles. The van der Waals surface area contributed by atoms with E-state index < -0.39 is 0 Å². The van der Waals surface area contributed by atoms with Gasteiger partial charge >= 0.3 is 0 Å². The predicted molar refractivity (Wildman–Crippen MR) is 50.5 cm³/mol. The highest BCUT2D eigenvalue weighted by Gasteiger charge is 2.30. The van der Waals surface area contributed by atoms with Crippen LogP contribution < -0.4 is 10.6 Å². The topological polar surface area (TPSA) is 55.3 Å². The van der Waals surface area contributed by atoms with Gasteiger partial charge in [-0.15, -0.1) is 0 Å². The van der Waals surface area contributed by atoms with Crippen molar-refractivity contribution in [3.8, 4) is 0 Å². The van der Waals surface area contributed by atoms with Gasteiger partial charge in [-0.05, 0) is 25.8 Å². The number of nitrogens with two attached hydrogens (primary N) is 1. The smallest absolute Gasteiger partial charge is 0.297 e. The fraction of sp³-hybridized carbons (Fsp3) is 0.667. The summed E-state index contributed by atoms with van der Waals surface area (Å²) in [4.78, 5) is 6.36. The molecule has 0 aliphatic heterocycles. The second kappa shape index (κ2) is 3.79. The first-order valence-electron chi connectivity index (χ1n) is 4.78. The fourth-order valence-electron chi connectivity index (χ4n) is 1.44. The lowest BCUT2D eigenvalue weighted by Crippen LogP contribution is -2.28. The minimum absolute atomic E-state index is 0.644. The van der Waals surface area contributed by atoms with Crippen LogP contribution in [0.25, 0.3) is 0 Å². The van der Waals surface area contributed by atoms with Crippen LogP contribution in [-0.4, -0.2) is 24.1 Å². The summed E-state index contributed by atoms with van der Waals surface area (Å²) in [6.07, 6.45) is 6.82. The maximum absolute atomic E-state index is 5.47. The van der Waals surface area contributed by atoms with Crippen LogP contribution in [0.3, 0.4) is 0 Å². The summed E-state index contributed by atoms with van der Waals surface area (Å²) >= 11 is 0. The van der Waals surface area contributed by atoms with Crippen molar-refractivity contribution in [2.75, 3.05) is 18.0 Å². The highest BCUT2D eigenvalue weighted by Crippen LogP contribution is 2.30. The Hall–Kier alpha value is -1.03. The molecule has 0 spiro atoms. The minimum Gasteiger partial charge on any atom is -0.432 e. The van der Waals surface area contributed by atoms with Crippen LogP contribution in [-0.2, 0) is 0 Å². The van der Waals surface area contributed by atoms with Gasteiger partial charge < -0.3 is 15.1 Å². The predicted octanol–water partition coefficient (Wildman–Crippen LogP) is 0.992. The molecule has 1 saturated carbocycles. The van der Waals surface area contributed by atoms with Gasteiger partial charge in [0.25, 0.3) is 6.01 Å². The molecule has 1 aliphatic rings. The molecule has 72 valence electrons. The highest BCUT2D eigenvalue weighted by atomic mass is 16.4. The summed E-state index contributed by atoms with van der Waals surface area (Å²) in [6, 6.07) is 1.39. The molecule has 0 radical (unpaired) electrons. The second-order valence-corrected chi connectivity index (χ2v) is 3.38. The van der Waals surface area contributed by atoms with Gasteiger partial charge in [-0.3, -0.25) is 0 Å². The maximum Gasteiger partial charge on any atom is 0.297 e. The van der Waals surface area contributed by atoms with Gasteiger partial charge in [-0.25, -0.2) is 4.98 Å². The third kappa shape index (κ3) is 2.01. The van der Waals surface area contributed by atoms with E-state index in [0.717, 1.165) is 25.5 Å². The fourth-order valence-corrected chi connectivity index (χ4v) is 1.44. The van der Waals surface area contributed by atoms with E-state index in [2.05, 4.69) is 9.88 Å². The molecule has 4 heteroatoms. The Morgan fingerprint density at radius 3 is 3.00 bits per heavy atom. The molecule has 4 nitrogen and oxygen atoms in total. The third-order valence-corrected chi connectivity index (χ3v) is 2.26. The van der Waals surface area contributed by atoms with Gasteiger partial charge in [0.05, 0.1) is 6.20 Å². The Kier molecular flexibility index (Phi) is 2.49. The summed E-state index contributed by atoms with van der Waals surface area (Å²) in [5.41, 5.74) is 5.47. The largest absolute Gasteiger partial charge is 0.432 e. The lowest BCUT2D eigenvalue weighted by atomic mass is 10.4. The average Bonchev–Trinajstić information content (AvgIpc) is 2.82. The van der Waals surface area contributed by atoms with Crippen LogP contribution in [0.15, 0.2) is 16.9 Å². The zero-order valence-electron chi connectivity index (χ0n) is 7.65. The molecule has 13 heavy (non-hydrogen) atoms. The van der Waals surface area contributed by atoms with Crippen LogP contribution >= 0.6 is 0 Å². The summed E-state index contributed by atoms with van der Waals surface area (Å²) in [5, 5.41) is 0. The second-order valence-electron chi connectivity index (χ2n) is 3.38. The molecule has 1 aromatic rings. The zero-order valence-corrected chi connectivity index (χ0v) is 7.65. The number of oxazole rings is 1. The molecule has 0 amide bonds. The number of nitrogens with zero attached hydrogens (tertiary/aromatic N) is 2. The van der Waals surface area contributed by atoms with E-state index in [0.29, 0.717) is 6.04 Å². The van der Waals surface area contributed by atoms with Gasteiger partial charge in [-0.1, -0.05) is 0 Å². The van der Waals surface area contributed by atoms with E-state index in [9.17, 15) is 0 Å². The SMILES string of the molecule is NCCCN(c1ncco1)C1CC1. The van der Waals surface area contributed by atoms with Crippen LogP contribution in [0.5, 0.6) is 0 Å². The Balaban J connectivity index is 1.97. The van der Waals surface area contributed by atoms with Crippen molar-refractivity contribution in [2.24, 2.45) is 5.73 Å². The van der Waals surface area contributed by atoms with Crippen molar-refractivity contribution >= 4 is 6.01 Å². The Bertz CT molecular complexity index is 243. The average molecular weight is 181 g/mol. The Labute approximate surface area is 77.7 Å². The molecule has 0 bridgehead atoms.